The van der Waals surface area contributed by atoms with Gasteiger partial charge in [0.1, 0.15) is 18.1 Å². The molecule has 6 nitrogen and oxygen atoms in total. The second-order valence-electron chi connectivity index (χ2n) is 9.19. The third-order valence-electron chi connectivity index (χ3n) is 6.19. The van der Waals surface area contributed by atoms with E-state index in [-0.39, 0.29) is 18.4 Å². The van der Waals surface area contributed by atoms with Crippen molar-refractivity contribution < 1.29 is 19.4 Å². The molecule has 2 heterocycles. The highest BCUT2D eigenvalue weighted by Crippen LogP contribution is 2.29. The zero-order valence-corrected chi connectivity index (χ0v) is 21.0. The minimum Gasteiger partial charge on any atom is -0.504 e. The molecule has 0 saturated carbocycles. The van der Waals surface area contributed by atoms with Gasteiger partial charge < -0.3 is 29.7 Å². The van der Waals surface area contributed by atoms with Gasteiger partial charge in [-0.15, -0.1) is 0 Å². The van der Waals surface area contributed by atoms with E-state index in [9.17, 15) is 10.2 Å². The lowest BCUT2D eigenvalue weighted by atomic mass is 10.1. The zero-order valence-electron chi connectivity index (χ0n) is 21.0. The number of aromatic amines is 1. The number of benzene rings is 1. The number of hydrogen-bond donors (Lipinski definition) is 4. The lowest BCUT2D eigenvalue weighted by Crippen LogP contribution is -2.27. The van der Waals surface area contributed by atoms with Crippen LogP contribution in [-0.4, -0.2) is 28.3 Å². The van der Waals surface area contributed by atoms with Crippen LogP contribution in [0.5, 0.6) is 11.5 Å². The molecule has 1 atom stereocenters. The van der Waals surface area contributed by atoms with E-state index in [1.165, 1.54) is 5.56 Å². The molecule has 34 heavy (non-hydrogen) atoms. The quantitative estimate of drug-likeness (QED) is 0.241. The minimum atomic E-state index is 0.00196. The number of aliphatic hydroxyl groups is 1. The van der Waals surface area contributed by atoms with Gasteiger partial charge in [0.25, 0.3) is 0 Å². The van der Waals surface area contributed by atoms with Crippen molar-refractivity contribution in [3.05, 3.63) is 70.4 Å². The number of phenolic OH excluding ortho intramolecular Hbond substituents is 1. The molecule has 1 aromatic carbocycles. The van der Waals surface area contributed by atoms with Crippen LogP contribution in [0.2, 0.25) is 0 Å². The van der Waals surface area contributed by atoms with E-state index in [2.05, 4.69) is 44.1 Å². The molecule has 0 aliphatic heterocycles. The summed E-state index contributed by atoms with van der Waals surface area (Å²) in [5.74, 6) is 2.85. The number of likely N-dealkylation sites (N-methyl/N-ethyl adjacent to an activating group) is 1. The second-order valence-corrected chi connectivity index (χ2v) is 9.19. The highest BCUT2D eigenvalue weighted by atomic mass is 16.5. The Bertz CT molecular complexity index is 1020. The predicted molar refractivity (Wildman–Crippen MR) is 136 cm³/mol. The summed E-state index contributed by atoms with van der Waals surface area (Å²) in [5, 5.41) is 23.4. The van der Waals surface area contributed by atoms with Crippen LogP contribution in [0.3, 0.4) is 0 Å². The molecule has 0 spiro atoms. The van der Waals surface area contributed by atoms with Crippen molar-refractivity contribution in [3.63, 3.8) is 0 Å². The lowest BCUT2D eigenvalue weighted by molar-refractivity contribution is 0.255. The Morgan fingerprint density at radius 2 is 1.91 bits per heavy atom. The van der Waals surface area contributed by atoms with Gasteiger partial charge in [0.2, 0.25) is 0 Å². The maximum absolute atomic E-state index is 10.4. The van der Waals surface area contributed by atoms with Crippen molar-refractivity contribution in [2.45, 2.75) is 78.4 Å². The van der Waals surface area contributed by atoms with E-state index >= 15 is 0 Å². The van der Waals surface area contributed by atoms with Crippen LogP contribution in [0.1, 0.15) is 86.4 Å². The standard InChI is InChI=1S/C28H40N2O4/c1-5-7-8-27-22(17-31)14-23(34-27)11-9-20-10-12-26(32)28(13-20)33-18-25(29-6-2)24-15-21(16-30-24)19(3)4/h10,12-16,19,25,29-32H,5-9,11,17-18H2,1-4H3. The molecule has 4 N–H and O–H groups in total. The number of hydrogen-bond acceptors (Lipinski definition) is 5. The number of phenols is 1. The number of H-pyrrole nitrogens is 1. The van der Waals surface area contributed by atoms with Gasteiger partial charge in [-0.2, -0.15) is 0 Å². The van der Waals surface area contributed by atoms with E-state index in [1.807, 2.05) is 24.4 Å². The van der Waals surface area contributed by atoms with Crippen LogP contribution < -0.4 is 10.1 Å². The molecule has 0 radical (unpaired) electrons. The Kier molecular flexibility index (Phi) is 9.66. The topological polar surface area (TPSA) is 90.7 Å². The molecule has 0 bridgehead atoms. The summed E-state index contributed by atoms with van der Waals surface area (Å²) in [6.07, 6.45) is 6.53. The van der Waals surface area contributed by atoms with Crippen molar-refractivity contribution in [1.29, 1.82) is 0 Å². The number of aromatic hydroxyl groups is 1. The maximum atomic E-state index is 10.4. The van der Waals surface area contributed by atoms with Gasteiger partial charge >= 0.3 is 0 Å². The molecular weight excluding hydrogens is 428 g/mol. The third kappa shape index (κ3) is 6.90. The van der Waals surface area contributed by atoms with Gasteiger partial charge in [-0.05, 0) is 60.7 Å². The number of furan rings is 1. The Morgan fingerprint density at radius 3 is 2.59 bits per heavy atom. The normalized spacial score (nSPS) is 12.4. The molecule has 1 unspecified atom stereocenters. The van der Waals surface area contributed by atoms with Gasteiger partial charge in [-0.3, -0.25) is 0 Å². The first kappa shape index (κ1) is 25.9. The number of aliphatic hydroxyl groups excluding tert-OH is 1. The summed E-state index contributed by atoms with van der Waals surface area (Å²) >= 11 is 0. The number of aromatic nitrogens is 1. The first-order chi connectivity index (χ1) is 16.4. The molecule has 0 aliphatic rings. The number of rotatable bonds is 14. The smallest absolute Gasteiger partial charge is 0.161 e. The van der Waals surface area contributed by atoms with Gasteiger partial charge in [-0.25, -0.2) is 0 Å². The first-order valence-electron chi connectivity index (χ1n) is 12.5. The van der Waals surface area contributed by atoms with Crippen LogP contribution in [-0.2, 0) is 25.9 Å². The summed E-state index contributed by atoms with van der Waals surface area (Å²) in [4.78, 5) is 3.36. The molecule has 3 aromatic rings. The summed E-state index contributed by atoms with van der Waals surface area (Å²) in [5.41, 5.74) is 4.30. The van der Waals surface area contributed by atoms with Gasteiger partial charge in [0, 0.05) is 30.3 Å². The molecule has 0 amide bonds. The maximum Gasteiger partial charge on any atom is 0.161 e. The van der Waals surface area contributed by atoms with Crippen molar-refractivity contribution in [3.8, 4) is 11.5 Å². The number of unbranched alkanes of at least 4 members (excludes halogenated alkanes) is 1. The van der Waals surface area contributed by atoms with Crippen molar-refractivity contribution >= 4 is 0 Å². The van der Waals surface area contributed by atoms with Crippen molar-refractivity contribution in [2.75, 3.05) is 13.2 Å². The van der Waals surface area contributed by atoms with Gasteiger partial charge in [0.05, 0.1) is 12.6 Å². The fraction of sp³-hybridized carbons (Fsp3) is 0.500. The van der Waals surface area contributed by atoms with E-state index in [0.717, 1.165) is 67.0 Å². The number of aryl methyl sites for hydroxylation is 3. The monoisotopic (exact) mass is 468 g/mol. The predicted octanol–water partition coefficient (Wildman–Crippen LogP) is 5.79. The zero-order chi connectivity index (χ0) is 24.5. The molecule has 0 fully saturated rings. The molecule has 2 aromatic heterocycles. The van der Waals surface area contributed by atoms with Crippen LogP contribution in [0.25, 0.3) is 0 Å². The lowest BCUT2D eigenvalue weighted by Gasteiger charge is -2.18. The minimum absolute atomic E-state index is 0.00196. The molecule has 0 aliphatic carbocycles. The van der Waals surface area contributed by atoms with Crippen LogP contribution in [0.15, 0.2) is 40.9 Å². The Hall–Kier alpha value is -2.70. The largest absolute Gasteiger partial charge is 0.504 e. The van der Waals surface area contributed by atoms with Crippen LogP contribution >= 0.6 is 0 Å². The molecule has 3 rings (SSSR count). The third-order valence-corrected chi connectivity index (χ3v) is 6.19. The van der Waals surface area contributed by atoms with Gasteiger partial charge in [0.15, 0.2) is 11.5 Å². The second kappa shape index (κ2) is 12.7. The Labute approximate surface area is 203 Å². The van der Waals surface area contributed by atoms with Crippen LogP contribution in [0.4, 0.5) is 0 Å². The average Bonchev–Trinajstić information content (AvgIpc) is 3.47. The van der Waals surface area contributed by atoms with Crippen LogP contribution in [0, 0.1) is 0 Å². The first-order valence-corrected chi connectivity index (χ1v) is 12.5. The molecule has 0 saturated heterocycles. The van der Waals surface area contributed by atoms with Crippen molar-refractivity contribution in [1.82, 2.24) is 10.3 Å². The number of ether oxygens (including phenoxy) is 1. The fourth-order valence-corrected chi connectivity index (χ4v) is 4.07. The van der Waals surface area contributed by atoms with Crippen molar-refractivity contribution in [2.24, 2.45) is 0 Å². The number of nitrogens with one attached hydrogen (secondary N) is 2. The molecule has 186 valence electrons. The molecule has 6 heteroatoms. The highest BCUT2D eigenvalue weighted by Gasteiger charge is 2.16. The highest BCUT2D eigenvalue weighted by molar-refractivity contribution is 5.42. The SMILES string of the molecule is CCCCc1oc(CCc2ccc(O)c(OCC(NCC)c3cc(C(C)C)c[nH]3)c2)cc1CO. The van der Waals surface area contributed by atoms with E-state index in [0.29, 0.717) is 18.3 Å². The summed E-state index contributed by atoms with van der Waals surface area (Å²) < 4.78 is 12.1. The molecular formula is C28H40N2O4. The van der Waals surface area contributed by atoms with E-state index in [4.69, 9.17) is 9.15 Å². The Morgan fingerprint density at radius 1 is 1.09 bits per heavy atom. The average molecular weight is 469 g/mol. The Balaban J connectivity index is 1.64. The van der Waals surface area contributed by atoms with E-state index < -0.39 is 0 Å². The van der Waals surface area contributed by atoms with Gasteiger partial charge in [-0.1, -0.05) is 40.2 Å². The van der Waals surface area contributed by atoms with E-state index in [1.54, 1.807) is 6.07 Å². The summed E-state index contributed by atoms with van der Waals surface area (Å²) in [6, 6.07) is 9.65. The summed E-state index contributed by atoms with van der Waals surface area (Å²) in [6.45, 7) is 9.79. The summed E-state index contributed by atoms with van der Waals surface area (Å²) in [7, 11) is 0. The fourth-order valence-electron chi connectivity index (χ4n) is 4.07.